The number of aromatic nitrogens is 2. The second kappa shape index (κ2) is 9.50. The first-order chi connectivity index (χ1) is 14.0. The third kappa shape index (κ3) is 5.53. The highest BCUT2D eigenvalue weighted by Gasteiger charge is 2.19. The first-order valence-electron chi connectivity index (χ1n) is 9.43. The van der Waals surface area contributed by atoms with Crippen molar-refractivity contribution in [2.45, 2.75) is 20.4 Å². The minimum absolute atomic E-state index is 0.00633. The van der Waals surface area contributed by atoms with E-state index in [9.17, 15) is 4.79 Å². The van der Waals surface area contributed by atoms with E-state index in [2.05, 4.69) is 32.4 Å². The number of nitriles is 1. The van der Waals surface area contributed by atoms with Crippen LogP contribution in [0.3, 0.4) is 0 Å². The van der Waals surface area contributed by atoms with Gasteiger partial charge in [-0.05, 0) is 23.6 Å². The molecule has 0 fully saturated rings. The molecule has 3 rings (SSSR count). The number of anilines is 1. The molecule has 1 aliphatic heterocycles. The van der Waals surface area contributed by atoms with E-state index in [1.165, 1.54) is 6.20 Å². The highest BCUT2D eigenvalue weighted by molar-refractivity contribution is 6.32. The fourth-order valence-corrected chi connectivity index (χ4v) is 3.20. The van der Waals surface area contributed by atoms with E-state index in [1.54, 1.807) is 5.01 Å². The van der Waals surface area contributed by atoms with Crippen LogP contribution in [0.4, 0.5) is 5.82 Å². The van der Waals surface area contributed by atoms with Crippen molar-refractivity contribution in [3.8, 4) is 6.07 Å². The SMILES string of the molecule is CC(C)CN(NC(=O)c1ccc(CN2CC=CC2)cc1)c1nc(C#N)ncc1Cl. The quantitative estimate of drug-likeness (QED) is 0.557. The maximum absolute atomic E-state index is 12.8. The Morgan fingerprint density at radius 3 is 2.62 bits per heavy atom. The second-order valence-electron chi connectivity index (χ2n) is 7.28. The number of hydrogen-bond donors (Lipinski definition) is 1. The smallest absolute Gasteiger partial charge is 0.269 e. The van der Waals surface area contributed by atoms with E-state index >= 15 is 0 Å². The Hall–Kier alpha value is -2.95. The zero-order chi connectivity index (χ0) is 20.8. The zero-order valence-electron chi connectivity index (χ0n) is 16.5. The molecule has 0 saturated carbocycles. The lowest BCUT2D eigenvalue weighted by Crippen LogP contribution is -2.45. The summed E-state index contributed by atoms with van der Waals surface area (Å²) < 4.78 is 0. The molecule has 0 bridgehead atoms. The minimum Gasteiger partial charge on any atom is -0.292 e. The number of nitrogens with zero attached hydrogens (tertiary/aromatic N) is 5. The average Bonchev–Trinajstić information content (AvgIpc) is 3.21. The van der Waals surface area contributed by atoms with Gasteiger partial charge in [0.1, 0.15) is 11.1 Å². The predicted octanol–water partition coefficient (Wildman–Crippen LogP) is 3.18. The summed E-state index contributed by atoms with van der Waals surface area (Å²) in [5.74, 6) is 0.253. The van der Waals surface area contributed by atoms with Gasteiger partial charge in [-0.15, -0.1) is 0 Å². The summed E-state index contributed by atoms with van der Waals surface area (Å²) in [4.78, 5) is 23.1. The summed E-state index contributed by atoms with van der Waals surface area (Å²) in [5, 5.41) is 10.9. The van der Waals surface area contributed by atoms with E-state index in [4.69, 9.17) is 16.9 Å². The molecule has 0 saturated heterocycles. The van der Waals surface area contributed by atoms with Crippen LogP contribution in [0.5, 0.6) is 0 Å². The van der Waals surface area contributed by atoms with E-state index in [0.717, 1.165) is 25.2 Å². The van der Waals surface area contributed by atoms with Crippen molar-refractivity contribution in [2.24, 2.45) is 5.92 Å². The number of benzene rings is 1. The summed E-state index contributed by atoms with van der Waals surface area (Å²) in [6.07, 6.45) is 5.67. The van der Waals surface area contributed by atoms with Crippen LogP contribution in [-0.2, 0) is 6.54 Å². The topological polar surface area (TPSA) is 85.2 Å². The highest BCUT2D eigenvalue weighted by atomic mass is 35.5. The van der Waals surface area contributed by atoms with Crippen LogP contribution in [0.2, 0.25) is 5.02 Å². The molecule has 1 amide bonds. The molecule has 1 aromatic carbocycles. The number of rotatable bonds is 7. The number of hydrazine groups is 1. The van der Waals surface area contributed by atoms with E-state index in [-0.39, 0.29) is 22.7 Å². The Morgan fingerprint density at radius 2 is 2.00 bits per heavy atom. The molecule has 150 valence electrons. The Bertz CT molecular complexity index is 927. The van der Waals surface area contributed by atoms with Gasteiger partial charge in [-0.25, -0.2) is 4.98 Å². The van der Waals surface area contributed by atoms with E-state index in [1.807, 2.05) is 44.2 Å². The van der Waals surface area contributed by atoms with Crippen molar-refractivity contribution in [1.29, 1.82) is 5.26 Å². The molecule has 8 heteroatoms. The summed E-state index contributed by atoms with van der Waals surface area (Å²) in [7, 11) is 0. The number of amides is 1. The largest absolute Gasteiger partial charge is 0.292 e. The molecule has 0 atom stereocenters. The number of carbonyl (C=O) groups excluding carboxylic acids is 1. The molecule has 0 unspecified atom stereocenters. The van der Waals surface area contributed by atoms with Gasteiger partial charge in [0.25, 0.3) is 5.91 Å². The predicted molar refractivity (Wildman–Crippen MR) is 112 cm³/mol. The molecule has 2 aromatic rings. The maximum Gasteiger partial charge on any atom is 0.269 e. The molecule has 2 heterocycles. The number of halogens is 1. The summed E-state index contributed by atoms with van der Waals surface area (Å²) in [5.41, 5.74) is 4.54. The second-order valence-corrected chi connectivity index (χ2v) is 7.69. The Labute approximate surface area is 175 Å². The fraction of sp³-hybridized carbons (Fsp3) is 0.333. The summed E-state index contributed by atoms with van der Waals surface area (Å²) in [6.45, 7) is 7.27. The fourth-order valence-electron chi connectivity index (χ4n) is 3.01. The molecule has 1 aliphatic rings. The molecule has 1 aromatic heterocycles. The Kier molecular flexibility index (Phi) is 6.81. The first-order valence-corrected chi connectivity index (χ1v) is 9.81. The zero-order valence-corrected chi connectivity index (χ0v) is 17.2. The number of nitrogens with one attached hydrogen (secondary N) is 1. The van der Waals surface area contributed by atoms with Gasteiger partial charge in [-0.2, -0.15) is 10.2 Å². The normalized spacial score (nSPS) is 13.5. The molecule has 29 heavy (non-hydrogen) atoms. The van der Waals surface area contributed by atoms with Crippen molar-refractivity contribution in [3.05, 3.63) is 64.6 Å². The van der Waals surface area contributed by atoms with Crippen LogP contribution in [-0.4, -0.2) is 40.4 Å². The highest BCUT2D eigenvalue weighted by Crippen LogP contribution is 2.22. The number of carbonyl (C=O) groups is 1. The standard InChI is InChI=1S/C21H23ClN6O/c1-15(2)13-28(20-18(22)12-24-19(11-23)25-20)26-21(29)17-7-5-16(6-8-17)14-27-9-3-4-10-27/h3-8,12,15H,9-10,13-14H2,1-2H3,(H,26,29). The number of hydrogen-bond acceptors (Lipinski definition) is 6. The molecule has 0 spiro atoms. The summed E-state index contributed by atoms with van der Waals surface area (Å²) >= 11 is 6.23. The van der Waals surface area contributed by atoms with Crippen molar-refractivity contribution in [3.63, 3.8) is 0 Å². The van der Waals surface area contributed by atoms with Crippen LogP contribution in [0.15, 0.2) is 42.6 Å². The van der Waals surface area contributed by atoms with Crippen molar-refractivity contribution >= 4 is 23.3 Å². The van der Waals surface area contributed by atoms with Crippen LogP contribution in [0.1, 0.15) is 35.6 Å². The van der Waals surface area contributed by atoms with Gasteiger partial charge in [0.15, 0.2) is 5.82 Å². The van der Waals surface area contributed by atoms with Gasteiger partial charge in [0.05, 0.1) is 6.20 Å². The maximum atomic E-state index is 12.8. The van der Waals surface area contributed by atoms with Gasteiger partial charge in [0, 0.05) is 31.7 Å². The summed E-state index contributed by atoms with van der Waals surface area (Å²) in [6, 6.07) is 9.44. The molecular weight excluding hydrogens is 388 g/mol. The van der Waals surface area contributed by atoms with Gasteiger partial charge < -0.3 is 0 Å². The van der Waals surface area contributed by atoms with Crippen LogP contribution in [0, 0.1) is 17.2 Å². The third-order valence-corrected chi connectivity index (χ3v) is 4.65. The third-order valence-electron chi connectivity index (χ3n) is 4.38. The van der Waals surface area contributed by atoms with Crippen molar-refractivity contribution < 1.29 is 4.79 Å². The molecule has 7 nitrogen and oxygen atoms in total. The molecule has 1 N–H and O–H groups in total. The average molecular weight is 411 g/mol. The van der Waals surface area contributed by atoms with E-state index < -0.39 is 0 Å². The Morgan fingerprint density at radius 1 is 1.31 bits per heavy atom. The first kappa shape index (κ1) is 20.8. The lowest BCUT2D eigenvalue weighted by atomic mass is 10.1. The van der Waals surface area contributed by atoms with Crippen LogP contribution in [0.25, 0.3) is 0 Å². The molecular formula is C21H23ClN6O. The van der Waals surface area contributed by atoms with Crippen LogP contribution < -0.4 is 10.4 Å². The molecule has 0 aliphatic carbocycles. The van der Waals surface area contributed by atoms with Gasteiger partial charge in [0.2, 0.25) is 5.82 Å². The van der Waals surface area contributed by atoms with Crippen molar-refractivity contribution in [2.75, 3.05) is 24.6 Å². The van der Waals surface area contributed by atoms with Gasteiger partial charge in [-0.1, -0.05) is 49.7 Å². The van der Waals surface area contributed by atoms with Crippen molar-refractivity contribution in [1.82, 2.24) is 20.3 Å². The van der Waals surface area contributed by atoms with Gasteiger partial charge >= 0.3 is 0 Å². The molecule has 0 radical (unpaired) electrons. The van der Waals surface area contributed by atoms with E-state index in [0.29, 0.717) is 17.9 Å². The lowest BCUT2D eigenvalue weighted by molar-refractivity contribution is 0.0947. The Balaban J connectivity index is 1.74. The van der Waals surface area contributed by atoms with Crippen LogP contribution >= 0.6 is 11.6 Å². The monoisotopic (exact) mass is 410 g/mol. The van der Waals surface area contributed by atoms with Gasteiger partial charge in [-0.3, -0.25) is 20.1 Å². The minimum atomic E-state index is -0.270. The lowest BCUT2D eigenvalue weighted by Gasteiger charge is -2.26.